The molecule has 19 heavy (non-hydrogen) atoms. The van der Waals surface area contributed by atoms with E-state index in [4.69, 9.17) is 4.98 Å². The number of pyridine rings is 1. The Morgan fingerprint density at radius 2 is 2.11 bits per heavy atom. The van der Waals surface area contributed by atoms with Gasteiger partial charge in [0, 0.05) is 27.8 Å². The highest BCUT2D eigenvalue weighted by Gasteiger charge is 2.21. The Bertz CT molecular complexity index is 662. The van der Waals surface area contributed by atoms with Crippen molar-refractivity contribution in [2.45, 2.75) is 40.0 Å². The minimum absolute atomic E-state index is 0.955. The number of nitrogens with zero attached hydrogens (tertiary/aromatic N) is 1. The first-order valence-electron chi connectivity index (χ1n) is 6.98. The average molecular weight is 319 g/mol. The zero-order chi connectivity index (χ0) is 13.6. The summed E-state index contributed by atoms with van der Waals surface area (Å²) in [7, 11) is 0. The largest absolute Gasteiger partial charge is 0.384 e. The number of halogens is 1. The van der Waals surface area contributed by atoms with E-state index in [1.165, 1.54) is 44.4 Å². The molecule has 0 saturated heterocycles. The van der Waals surface area contributed by atoms with Crippen molar-refractivity contribution < 1.29 is 0 Å². The minimum atomic E-state index is 0.955. The lowest BCUT2D eigenvalue weighted by molar-refractivity contribution is 0.901. The molecule has 0 unspecified atom stereocenters. The summed E-state index contributed by atoms with van der Waals surface area (Å²) in [6.45, 7) is 7.43. The minimum Gasteiger partial charge on any atom is -0.384 e. The van der Waals surface area contributed by atoms with Gasteiger partial charge in [-0.25, -0.2) is 0 Å². The topological polar surface area (TPSA) is 24.9 Å². The quantitative estimate of drug-likeness (QED) is 0.879. The molecule has 0 saturated carbocycles. The third-order valence-electron chi connectivity index (χ3n) is 4.01. The average Bonchev–Trinajstić information content (AvgIpc) is 2.84. The Balaban J connectivity index is 2.42. The van der Waals surface area contributed by atoms with Gasteiger partial charge in [-0.15, -0.1) is 0 Å². The van der Waals surface area contributed by atoms with E-state index in [2.05, 4.69) is 48.1 Å². The molecule has 1 heterocycles. The number of rotatable bonds is 2. The smallest absolute Gasteiger partial charge is 0.0732 e. The standard InChI is InChI=1S/C16H19BrN2/c1-4-18-16-11-6-5-7-12(11)19-13-8-9(2)15(17)10(3)14(13)16/h8H,4-7H2,1-3H3,(H,18,19). The Morgan fingerprint density at radius 3 is 2.84 bits per heavy atom. The van der Waals surface area contributed by atoms with Crippen molar-refractivity contribution in [1.29, 1.82) is 0 Å². The first-order chi connectivity index (χ1) is 9.13. The second kappa shape index (κ2) is 4.78. The number of fused-ring (bicyclic) bond motifs is 2. The Hall–Kier alpha value is -1.09. The molecule has 0 radical (unpaired) electrons. The second-order valence-corrected chi connectivity index (χ2v) is 6.12. The third kappa shape index (κ3) is 1.95. The maximum Gasteiger partial charge on any atom is 0.0732 e. The summed E-state index contributed by atoms with van der Waals surface area (Å²) >= 11 is 3.71. The van der Waals surface area contributed by atoms with Crippen LogP contribution in [0.25, 0.3) is 10.9 Å². The second-order valence-electron chi connectivity index (χ2n) is 5.32. The Morgan fingerprint density at radius 1 is 1.32 bits per heavy atom. The van der Waals surface area contributed by atoms with E-state index in [0.29, 0.717) is 0 Å². The highest BCUT2D eigenvalue weighted by atomic mass is 79.9. The van der Waals surface area contributed by atoms with Crippen LogP contribution in [-0.4, -0.2) is 11.5 Å². The molecule has 1 N–H and O–H groups in total. The molecule has 0 amide bonds. The number of hydrogen-bond acceptors (Lipinski definition) is 2. The summed E-state index contributed by atoms with van der Waals surface area (Å²) in [6, 6.07) is 2.20. The summed E-state index contributed by atoms with van der Waals surface area (Å²) in [5.41, 5.74) is 7.75. The molecule has 1 aliphatic carbocycles. The monoisotopic (exact) mass is 318 g/mol. The van der Waals surface area contributed by atoms with Gasteiger partial charge in [-0.1, -0.05) is 15.9 Å². The van der Waals surface area contributed by atoms with Crippen LogP contribution in [0.5, 0.6) is 0 Å². The van der Waals surface area contributed by atoms with E-state index in [9.17, 15) is 0 Å². The molecule has 0 fully saturated rings. The van der Waals surface area contributed by atoms with Crippen molar-refractivity contribution in [1.82, 2.24) is 4.98 Å². The van der Waals surface area contributed by atoms with Gasteiger partial charge in [-0.05, 0) is 62.8 Å². The van der Waals surface area contributed by atoms with Gasteiger partial charge in [0.2, 0.25) is 0 Å². The zero-order valence-corrected chi connectivity index (χ0v) is 13.3. The number of aromatic nitrogens is 1. The lowest BCUT2D eigenvalue weighted by Crippen LogP contribution is -2.05. The molecule has 0 atom stereocenters. The van der Waals surface area contributed by atoms with Gasteiger partial charge in [0.25, 0.3) is 0 Å². The molecule has 3 heteroatoms. The van der Waals surface area contributed by atoms with Gasteiger partial charge in [-0.2, -0.15) is 0 Å². The number of benzene rings is 1. The molecule has 2 nitrogen and oxygen atoms in total. The fourth-order valence-corrected chi connectivity index (χ4v) is 3.44. The fraction of sp³-hybridized carbons (Fsp3) is 0.438. The van der Waals surface area contributed by atoms with E-state index in [1.54, 1.807) is 0 Å². The zero-order valence-electron chi connectivity index (χ0n) is 11.7. The fourth-order valence-electron chi connectivity index (χ4n) is 3.13. The molecule has 1 aromatic heterocycles. The van der Waals surface area contributed by atoms with Crippen LogP contribution in [0.15, 0.2) is 10.5 Å². The highest BCUT2D eigenvalue weighted by molar-refractivity contribution is 9.10. The molecule has 1 aromatic carbocycles. The van der Waals surface area contributed by atoms with Gasteiger partial charge in [0.15, 0.2) is 0 Å². The molecule has 3 rings (SSSR count). The van der Waals surface area contributed by atoms with Crippen LogP contribution < -0.4 is 5.32 Å². The molecule has 0 bridgehead atoms. The lowest BCUT2D eigenvalue weighted by Gasteiger charge is -2.17. The van der Waals surface area contributed by atoms with E-state index in [1.807, 2.05) is 0 Å². The number of hydrogen-bond donors (Lipinski definition) is 1. The molecule has 1 aliphatic rings. The van der Waals surface area contributed by atoms with Crippen molar-refractivity contribution in [3.8, 4) is 0 Å². The number of anilines is 1. The van der Waals surface area contributed by atoms with Crippen LogP contribution in [0.1, 0.15) is 35.7 Å². The molecule has 0 aliphatic heterocycles. The normalized spacial score (nSPS) is 13.9. The summed E-state index contributed by atoms with van der Waals surface area (Å²) in [4.78, 5) is 4.90. The van der Waals surface area contributed by atoms with Crippen LogP contribution >= 0.6 is 15.9 Å². The summed E-state index contributed by atoms with van der Waals surface area (Å²) in [5, 5.41) is 4.87. The molecular formula is C16H19BrN2. The van der Waals surface area contributed by atoms with Gasteiger partial charge < -0.3 is 5.32 Å². The van der Waals surface area contributed by atoms with Crippen molar-refractivity contribution in [3.63, 3.8) is 0 Å². The van der Waals surface area contributed by atoms with Crippen molar-refractivity contribution >= 4 is 32.5 Å². The highest BCUT2D eigenvalue weighted by Crippen LogP contribution is 2.38. The van der Waals surface area contributed by atoms with Gasteiger partial charge in [-0.3, -0.25) is 4.98 Å². The molecular weight excluding hydrogens is 300 g/mol. The maximum absolute atomic E-state index is 4.90. The predicted octanol–water partition coefficient (Wildman–Crippen LogP) is 4.53. The third-order valence-corrected chi connectivity index (χ3v) is 5.23. The van der Waals surface area contributed by atoms with Crippen molar-refractivity contribution in [3.05, 3.63) is 32.9 Å². The van der Waals surface area contributed by atoms with Crippen LogP contribution in [0, 0.1) is 13.8 Å². The van der Waals surface area contributed by atoms with E-state index in [0.717, 1.165) is 24.9 Å². The van der Waals surface area contributed by atoms with Gasteiger partial charge in [0.05, 0.1) is 5.52 Å². The van der Waals surface area contributed by atoms with Crippen LogP contribution in [0.3, 0.4) is 0 Å². The Labute approximate surface area is 122 Å². The van der Waals surface area contributed by atoms with Crippen LogP contribution in [-0.2, 0) is 12.8 Å². The van der Waals surface area contributed by atoms with Gasteiger partial charge >= 0.3 is 0 Å². The summed E-state index contributed by atoms with van der Waals surface area (Å²) in [5.74, 6) is 0. The number of aryl methyl sites for hydroxylation is 3. The van der Waals surface area contributed by atoms with Crippen LogP contribution in [0.4, 0.5) is 5.69 Å². The SMILES string of the molecule is CCNc1c2c(nc3cc(C)c(Br)c(C)c13)CCC2. The Kier molecular flexibility index (Phi) is 3.25. The number of nitrogens with one attached hydrogen (secondary N) is 1. The molecule has 100 valence electrons. The first kappa shape index (κ1) is 12.9. The van der Waals surface area contributed by atoms with Gasteiger partial charge in [0.1, 0.15) is 0 Å². The van der Waals surface area contributed by atoms with E-state index >= 15 is 0 Å². The summed E-state index contributed by atoms with van der Waals surface area (Å²) < 4.78 is 1.21. The predicted molar refractivity (Wildman–Crippen MR) is 85.1 cm³/mol. The van der Waals surface area contributed by atoms with Crippen molar-refractivity contribution in [2.75, 3.05) is 11.9 Å². The first-order valence-corrected chi connectivity index (χ1v) is 7.77. The molecule has 2 aromatic rings. The molecule has 0 spiro atoms. The summed E-state index contributed by atoms with van der Waals surface area (Å²) in [6.07, 6.45) is 3.51. The van der Waals surface area contributed by atoms with E-state index < -0.39 is 0 Å². The van der Waals surface area contributed by atoms with Crippen molar-refractivity contribution in [2.24, 2.45) is 0 Å². The van der Waals surface area contributed by atoms with E-state index in [-0.39, 0.29) is 0 Å². The maximum atomic E-state index is 4.90. The van der Waals surface area contributed by atoms with Crippen LogP contribution in [0.2, 0.25) is 0 Å². The lowest BCUT2D eigenvalue weighted by atomic mass is 10.0.